The Morgan fingerprint density at radius 1 is 0.897 bits per heavy atom. The largest absolute Gasteiger partial charge is 0.496 e. The van der Waals surface area contributed by atoms with Crippen LogP contribution >= 0.6 is 0 Å². The minimum atomic E-state index is -0.426. The van der Waals surface area contributed by atoms with E-state index in [0.29, 0.717) is 54.8 Å². The minimum Gasteiger partial charge on any atom is -0.496 e. The van der Waals surface area contributed by atoms with Crippen LogP contribution in [0.2, 0.25) is 0 Å². The number of carbonyl (C=O) groups excluding carboxylic acids is 2. The number of amides is 2. The van der Waals surface area contributed by atoms with Crippen LogP contribution in [0.5, 0.6) is 17.2 Å². The number of morpholine rings is 1. The zero-order valence-corrected chi connectivity index (χ0v) is 16.7. The Morgan fingerprint density at radius 3 is 2.17 bits per heavy atom. The van der Waals surface area contributed by atoms with E-state index in [1.807, 2.05) is 0 Å². The summed E-state index contributed by atoms with van der Waals surface area (Å²) in [5, 5.41) is 2.82. The zero-order chi connectivity index (χ0) is 20.8. The van der Waals surface area contributed by atoms with Crippen molar-refractivity contribution in [1.29, 1.82) is 0 Å². The van der Waals surface area contributed by atoms with Gasteiger partial charge < -0.3 is 29.2 Å². The fraction of sp³-hybridized carbons (Fsp3) is 0.333. The average molecular weight is 400 g/mol. The summed E-state index contributed by atoms with van der Waals surface area (Å²) >= 11 is 0. The van der Waals surface area contributed by atoms with Gasteiger partial charge in [0.2, 0.25) is 0 Å². The maximum absolute atomic E-state index is 13.0. The molecule has 154 valence electrons. The Balaban J connectivity index is 1.89. The number of hydrogen-bond acceptors (Lipinski definition) is 6. The van der Waals surface area contributed by atoms with Crippen molar-refractivity contribution in [2.45, 2.75) is 0 Å². The summed E-state index contributed by atoms with van der Waals surface area (Å²) in [4.78, 5) is 27.6. The molecular formula is C21H24N2O6. The summed E-state index contributed by atoms with van der Waals surface area (Å²) in [6, 6.07) is 10.0. The first-order valence-electron chi connectivity index (χ1n) is 9.16. The predicted molar refractivity (Wildman–Crippen MR) is 107 cm³/mol. The molecule has 0 radical (unpaired) electrons. The molecule has 2 amide bonds. The lowest BCUT2D eigenvalue weighted by atomic mass is 10.1. The number of nitrogens with one attached hydrogen (secondary N) is 1. The molecule has 8 nitrogen and oxygen atoms in total. The van der Waals surface area contributed by atoms with Crippen LogP contribution in [0.3, 0.4) is 0 Å². The summed E-state index contributed by atoms with van der Waals surface area (Å²) < 4.78 is 21.2. The maximum atomic E-state index is 13.0. The standard InChI is InChI=1S/C21H24N2O6/c1-26-17-13-19(28-3)18(27-2)12-15(17)20(24)22-16-7-5-4-6-14(16)21(25)23-8-10-29-11-9-23/h4-7,12-13H,8-11H2,1-3H3,(H,22,24). The number of para-hydroxylation sites is 1. The third-order valence-electron chi connectivity index (χ3n) is 4.65. The van der Waals surface area contributed by atoms with Gasteiger partial charge in [-0.3, -0.25) is 9.59 Å². The molecule has 1 aliphatic heterocycles. The SMILES string of the molecule is COc1cc(OC)c(C(=O)Nc2ccccc2C(=O)N2CCOCC2)cc1OC. The normalized spacial score (nSPS) is 13.6. The van der Waals surface area contributed by atoms with Gasteiger partial charge in [0, 0.05) is 25.2 Å². The summed E-state index contributed by atoms with van der Waals surface area (Å²) in [5.41, 5.74) is 1.10. The Labute approximate surface area is 169 Å². The van der Waals surface area contributed by atoms with Gasteiger partial charge in [0.1, 0.15) is 5.75 Å². The van der Waals surface area contributed by atoms with Gasteiger partial charge in [-0.2, -0.15) is 0 Å². The van der Waals surface area contributed by atoms with Crippen molar-refractivity contribution < 1.29 is 28.5 Å². The lowest BCUT2D eigenvalue weighted by molar-refractivity contribution is 0.0303. The Hall–Kier alpha value is -3.26. The molecule has 1 aliphatic rings. The highest BCUT2D eigenvalue weighted by atomic mass is 16.5. The van der Waals surface area contributed by atoms with Gasteiger partial charge in [-0.25, -0.2) is 0 Å². The summed E-state index contributed by atoms with van der Waals surface area (Å²) in [5.74, 6) is 0.602. The second kappa shape index (κ2) is 9.29. The van der Waals surface area contributed by atoms with Crippen LogP contribution < -0.4 is 19.5 Å². The van der Waals surface area contributed by atoms with Crippen molar-refractivity contribution in [3.8, 4) is 17.2 Å². The number of hydrogen-bond donors (Lipinski definition) is 1. The number of rotatable bonds is 6. The topological polar surface area (TPSA) is 86.3 Å². The molecule has 1 saturated heterocycles. The van der Waals surface area contributed by atoms with Gasteiger partial charge in [0.25, 0.3) is 11.8 Å². The van der Waals surface area contributed by atoms with E-state index in [2.05, 4.69) is 5.32 Å². The van der Waals surface area contributed by atoms with Crippen LogP contribution in [0.25, 0.3) is 0 Å². The van der Waals surface area contributed by atoms with Crippen LogP contribution in [0.1, 0.15) is 20.7 Å². The molecule has 0 unspecified atom stereocenters. The van der Waals surface area contributed by atoms with Crippen LogP contribution in [-0.4, -0.2) is 64.3 Å². The molecule has 1 heterocycles. The van der Waals surface area contributed by atoms with Crippen molar-refractivity contribution in [2.75, 3.05) is 52.9 Å². The molecule has 29 heavy (non-hydrogen) atoms. The number of methoxy groups -OCH3 is 3. The quantitative estimate of drug-likeness (QED) is 0.802. The average Bonchev–Trinajstić information content (AvgIpc) is 2.78. The van der Waals surface area contributed by atoms with Gasteiger partial charge in [-0.05, 0) is 12.1 Å². The first kappa shape index (κ1) is 20.5. The summed E-state index contributed by atoms with van der Waals surface area (Å²) in [6.07, 6.45) is 0. The first-order valence-corrected chi connectivity index (χ1v) is 9.16. The highest BCUT2D eigenvalue weighted by Crippen LogP contribution is 2.35. The number of benzene rings is 2. The highest BCUT2D eigenvalue weighted by molar-refractivity contribution is 6.10. The van der Waals surface area contributed by atoms with Crippen LogP contribution in [0, 0.1) is 0 Å². The lowest BCUT2D eigenvalue weighted by Gasteiger charge is -2.27. The molecule has 8 heteroatoms. The molecular weight excluding hydrogens is 376 g/mol. The van der Waals surface area contributed by atoms with Crippen molar-refractivity contribution in [3.05, 3.63) is 47.5 Å². The smallest absolute Gasteiger partial charge is 0.259 e. The third-order valence-corrected chi connectivity index (χ3v) is 4.65. The van der Waals surface area contributed by atoms with E-state index in [0.717, 1.165) is 0 Å². The molecule has 0 aromatic heterocycles. The number of carbonyl (C=O) groups is 2. The van der Waals surface area contributed by atoms with E-state index in [1.165, 1.54) is 21.3 Å². The Morgan fingerprint density at radius 2 is 1.52 bits per heavy atom. The molecule has 0 atom stereocenters. The van der Waals surface area contributed by atoms with E-state index in [9.17, 15) is 9.59 Å². The van der Waals surface area contributed by atoms with E-state index in [-0.39, 0.29) is 11.5 Å². The zero-order valence-electron chi connectivity index (χ0n) is 16.7. The van der Waals surface area contributed by atoms with Crippen LogP contribution in [0.15, 0.2) is 36.4 Å². The molecule has 0 saturated carbocycles. The molecule has 1 fully saturated rings. The molecule has 2 aromatic carbocycles. The van der Waals surface area contributed by atoms with Crippen molar-refractivity contribution >= 4 is 17.5 Å². The minimum absolute atomic E-state index is 0.150. The molecule has 0 aliphatic carbocycles. The second-order valence-corrected chi connectivity index (χ2v) is 6.31. The molecule has 3 rings (SSSR count). The predicted octanol–water partition coefficient (Wildman–Crippen LogP) is 2.44. The molecule has 0 spiro atoms. The monoisotopic (exact) mass is 400 g/mol. The molecule has 2 aromatic rings. The van der Waals surface area contributed by atoms with Crippen molar-refractivity contribution in [1.82, 2.24) is 4.90 Å². The fourth-order valence-electron chi connectivity index (χ4n) is 3.11. The van der Waals surface area contributed by atoms with Gasteiger partial charge >= 0.3 is 0 Å². The third kappa shape index (κ3) is 4.43. The Bertz CT molecular complexity index is 893. The van der Waals surface area contributed by atoms with Gasteiger partial charge in [-0.1, -0.05) is 12.1 Å². The van der Waals surface area contributed by atoms with E-state index < -0.39 is 5.91 Å². The van der Waals surface area contributed by atoms with E-state index in [1.54, 1.807) is 41.3 Å². The number of ether oxygens (including phenoxy) is 4. The number of anilines is 1. The summed E-state index contributed by atoms with van der Waals surface area (Å²) in [6.45, 7) is 2.04. The highest BCUT2D eigenvalue weighted by Gasteiger charge is 2.23. The van der Waals surface area contributed by atoms with Crippen molar-refractivity contribution in [2.24, 2.45) is 0 Å². The van der Waals surface area contributed by atoms with Gasteiger partial charge in [0.15, 0.2) is 11.5 Å². The van der Waals surface area contributed by atoms with Gasteiger partial charge in [0.05, 0.1) is 51.4 Å². The second-order valence-electron chi connectivity index (χ2n) is 6.31. The number of nitrogens with zero attached hydrogens (tertiary/aromatic N) is 1. The van der Waals surface area contributed by atoms with Crippen LogP contribution in [-0.2, 0) is 4.74 Å². The lowest BCUT2D eigenvalue weighted by Crippen LogP contribution is -2.41. The van der Waals surface area contributed by atoms with E-state index in [4.69, 9.17) is 18.9 Å². The van der Waals surface area contributed by atoms with Crippen molar-refractivity contribution in [3.63, 3.8) is 0 Å². The summed E-state index contributed by atoms with van der Waals surface area (Å²) in [7, 11) is 4.46. The maximum Gasteiger partial charge on any atom is 0.259 e. The molecule has 0 bridgehead atoms. The molecule has 1 N–H and O–H groups in total. The Kier molecular flexibility index (Phi) is 6.56. The van der Waals surface area contributed by atoms with Crippen LogP contribution in [0.4, 0.5) is 5.69 Å². The first-order chi connectivity index (χ1) is 14.1. The van der Waals surface area contributed by atoms with E-state index >= 15 is 0 Å². The van der Waals surface area contributed by atoms with Gasteiger partial charge in [-0.15, -0.1) is 0 Å². The fourth-order valence-corrected chi connectivity index (χ4v) is 3.11.